The minimum Gasteiger partial charge on any atom is -0.350 e. The predicted molar refractivity (Wildman–Crippen MR) is 133 cm³/mol. The molecule has 0 bridgehead atoms. The lowest BCUT2D eigenvalue weighted by atomic mass is 10.0. The molecule has 0 atom stereocenters. The van der Waals surface area contributed by atoms with E-state index in [1.165, 1.54) is 14.0 Å². The fraction of sp³-hybridized carbons (Fsp3) is 0.200. The number of thioether (sulfide) groups is 1. The molecule has 0 fully saturated rings. The Hall–Kier alpha value is -3.85. The van der Waals surface area contributed by atoms with Crippen LogP contribution in [0, 0.1) is 13.8 Å². The van der Waals surface area contributed by atoms with Crippen LogP contribution >= 0.6 is 11.8 Å². The molecule has 1 amide bonds. The Bertz CT molecular complexity index is 1580. The van der Waals surface area contributed by atoms with E-state index in [4.69, 9.17) is 0 Å². The topological polar surface area (TPSA) is 85.7 Å². The van der Waals surface area contributed by atoms with Gasteiger partial charge in [-0.25, -0.2) is 18.4 Å². The zero-order valence-electron chi connectivity index (χ0n) is 19.1. The van der Waals surface area contributed by atoms with Crippen LogP contribution in [0.1, 0.15) is 16.7 Å². The maximum atomic E-state index is 12.9. The SMILES string of the molecule is CSc1ccc(CNC(=O)Cn2nc3c4cc(-c5cc(C)ccc5C)nn4ccn3c2=O)cc1. The summed E-state index contributed by atoms with van der Waals surface area (Å²) in [5.41, 5.74) is 5.89. The summed E-state index contributed by atoms with van der Waals surface area (Å²) in [6, 6.07) is 16.1. The summed E-state index contributed by atoms with van der Waals surface area (Å²) in [5, 5.41) is 12.0. The quantitative estimate of drug-likeness (QED) is 0.383. The van der Waals surface area contributed by atoms with Crippen molar-refractivity contribution in [3.8, 4) is 11.3 Å². The fourth-order valence-corrected chi connectivity index (χ4v) is 4.32. The van der Waals surface area contributed by atoms with Crippen LogP contribution in [0.4, 0.5) is 0 Å². The van der Waals surface area contributed by atoms with E-state index in [1.54, 1.807) is 28.7 Å². The van der Waals surface area contributed by atoms with E-state index in [0.29, 0.717) is 17.7 Å². The first-order valence-electron chi connectivity index (χ1n) is 10.9. The van der Waals surface area contributed by atoms with E-state index in [1.807, 2.05) is 50.4 Å². The third-order valence-corrected chi connectivity index (χ3v) is 6.55. The number of fused-ring (bicyclic) bond motifs is 3. The van der Waals surface area contributed by atoms with Crippen LogP contribution in [-0.2, 0) is 17.9 Å². The Balaban J connectivity index is 1.41. The van der Waals surface area contributed by atoms with E-state index in [9.17, 15) is 9.59 Å². The summed E-state index contributed by atoms with van der Waals surface area (Å²) in [4.78, 5) is 26.6. The Morgan fingerprint density at radius 3 is 2.59 bits per heavy atom. The third kappa shape index (κ3) is 4.10. The maximum Gasteiger partial charge on any atom is 0.350 e. The molecule has 0 radical (unpaired) electrons. The van der Waals surface area contributed by atoms with Gasteiger partial charge in [0.2, 0.25) is 5.91 Å². The average Bonchev–Trinajstić information content (AvgIpc) is 3.41. The number of nitrogens with one attached hydrogen (secondary N) is 1. The number of carbonyl (C=O) groups excluding carboxylic acids is 1. The van der Waals surface area contributed by atoms with Crippen LogP contribution in [-0.4, -0.2) is 36.0 Å². The zero-order chi connectivity index (χ0) is 23.8. The number of hydrogen-bond acceptors (Lipinski definition) is 5. The smallest absolute Gasteiger partial charge is 0.350 e. The molecule has 0 unspecified atom stereocenters. The van der Waals surface area contributed by atoms with Crippen LogP contribution in [0.3, 0.4) is 0 Å². The van der Waals surface area contributed by atoms with Gasteiger partial charge in [-0.1, -0.05) is 29.8 Å². The van der Waals surface area contributed by atoms with Crippen molar-refractivity contribution in [1.82, 2.24) is 29.1 Å². The molecule has 5 aromatic rings. The minimum atomic E-state index is -0.369. The van der Waals surface area contributed by atoms with Crippen molar-refractivity contribution in [1.29, 1.82) is 0 Å². The van der Waals surface area contributed by atoms with Crippen LogP contribution < -0.4 is 11.0 Å². The van der Waals surface area contributed by atoms with Crippen LogP contribution in [0.15, 0.2) is 70.6 Å². The molecule has 2 aromatic carbocycles. The zero-order valence-corrected chi connectivity index (χ0v) is 20.0. The average molecular weight is 473 g/mol. The van der Waals surface area contributed by atoms with Crippen LogP contribution in [0.5, 0.6) is 0 Å². The molecule has 0 aliphatic rings. The second kappa shape index (κ2) is 8.83. The Labute approximate surface area is 200 Å². The maximum absolute atomic E-state index is 12.9. The van der Waals surface area contributed by atoms with E-state index >= 15 is 0 Å². The molecule has 0 saturated carbocycles. The largest absolute Gasteiger partial charge is 0.350 e. The summed E-state index contributed by atoms with van der Waals surface area (Å²) >= 11 is 1.67. The molecular formula is C25H24N6O2S. The lowest BCUT2D eigenvalue weighted by molar-refractivity contribution is -0.122. The van der Waals surface area contributed by atoms with Gasteiger partial charge in [0.25, 0.3) is 0 Å². The standard InChI is InChI=1S/C25H24N6O2S/c1-16-4-5-17(2)20(12-16)21-13-22-24-28-31(25(33)29(24)10-11-30(22)27-21)15-23(32)26-14-18-6-8-19(34-3)9-7-18/h4-13H,14-15H2,1-3H3,(H,26,32). The first kappa shape index (κ1) is 22.0. The lowest BCUT2D eigenvalue weighted by Crippen LogP contribution is -2.32. The molecule has 172 valence electrons. The molecule has 9 heteroatoms. The van der Waals surface area contributed by atoms with Crippen molar-refractivity contribution in [2.75, 3.05) is 6.26 Å². The highest BCUT2D eigenvalue weighted by Gasteiger charge is 2.16. The highest BCUT2D eigenvalue weighted by Crippen LogP contribution is 2.25. The summed E-state index contributed by atoms with van der Waals surface area (Å²) in [5.74, 6) is -0.278. The second-order valence-electron chi connectivity index (χ2n) is 8.23. The lowest BCUT2D eigenvalue weighted by Gasteiger charge is -2.05. The fourth-order valence-electron chi connectivity index (χ4n) is 3.92. The van der Waals surface area contributed by atoms with Crippen molar-refractivity contribution in [2.24, 2.45) is 0 Å². The Morgan fingerprint density at radius 1 is 1.03 bits per heavy atom. The number of nitrogens with zero attached hydrogens (tertiary/aromatic N) is 5. The van der Waals surface area contributed by atoms with Gasteiger partial charge in [-0.3, -0.25) is 4.79 Å². The summed E-state index contributed by atoms with van der Waals surface area (Å²) < 4.78 is 4.34. The van der Waals surface area contributed by atoms with Gasteiger partial charge in [-0.15, -0.1) is 16.9 Å². The normalized spacial score (nSPS) is 11.4. The monoisotopic (exact) mass is 472 g/mol. The molecule has 3 aromatic heterocycles. The minimum absolute atomic E-state index is 0.159. The van der Waals surface area contributed by atoms with Gasteiger partial charge in [0.1, 0.15) is 12.1 Å². The number of amides is 1. The van der Waals surface area contributed by atoms with Gasteiger partial charge in [0, 0.05) is 29.4 Å². The first-order chi connectivity index (χ1) is 16.4. The van der Waals surface area contributed by atoms with Gasteiger partial charge < -0.3 is 5.32 Å². The van der Waals surface area contributed by atoms with E-state index in [0.717, 1.165) is 27.9 Å². The molecule has 5 rings (SSSR count). The summed E-state index contributed by atoms with van der Waals surface area (Å²) in [6.07, 6.45) is 5.37. The molecule has 0 saturated heterocycles. The highest BCUT2D eigenvalue weighted by molar-refractivity contribution is 7.98. The predicted octanol–water partition coefficient (Wildman–Crippen LogP) is 3.47. The number of benzene rings is 2. The molecule has 1 N–H and O–H groups in total. The van der Waals surface area contributed by atoms with E-state index in [2.05, 4.69) is 33.7 Å². The van der Waals surface area contributed by atoms with Gasteiger partial charge in [0.05, 0.1) is 5.69 Å². The number of aryl methyl sites for hydroxylation is 2. The third-order valence-electron chi connectivity index (χ3n) is 5.80. The highest BCUT2D eigenvalue weighted by atomic mass is 32.2. The molecule has 0 aliphatic carbocycles. The summed E-state index contributed by atoms with van der Waals surface area (Å²) in [6.45, 7) is 4.32. The van der Waals surface area contributed by atoms with E-state index < -0.39 is 0 Å². The van der Waals surface area contributed by atoms with Crippen molar-refractivity contribution in [2.45, 2.75) is 31.8 Å². The number of aromatic nitrogens is 5. The molecule has 34 heavy (non-hydrogen) atoms. The number of rotatable bonds is 6. The van der Waals surface area contributed by atoms with Gasteiger partial charge in [0.15, 0.2) is 5.65 Å². The molecule has 8 nitrogen and oxygen atoms in total. The van der Waals surface area contributed by atoms with Crippen LogP contribution in [0.25, 0.3) is 22.4 Å². The van der Waals surface area contributed by atoms with Crippen molar-refractivity contribution in [3.63, 3.8) is 0 Å². The number of carbonyl (C=O) groups is 1. The second-order valence-corrected chi connectivity index (χ2v) is 9.11. The van der Waals surface area contributed by atoms with Crippen molar-refractivity contribution >= 4 is 28.8 Å². The molecule has 3 heterocycles. The van der Waals surface area contributed by atoms with Crippen molar-refractivity contribution in [3.05, 3.63) is 88.1 Å². The number of hydrogen-bond donors (Lipinski definition) is 1. The van der Waals surface area contributed by atoms with Gasteiger partial charge in [-0.2, -0.15) is 5.10 Å². The molecular weight excluding hydrogens is 448 g/mol. The first-order valence-corrected chi connectivity index (χ1v) is 12.1. The van der Waals surface area contributed by atoms with Crippen LogP contribution in [0.2, 0.25) is 0 Å². The molecule has 0 spiro atoms. The Kier molecular flexibility index (Phi) is 5.70. The summed E-state index contributed by atoms with van der Waals surface area (Å²) in [7, 11) is 0. The van der Waals surface area contributed by atoms with Gasteiger partial charge >= 0.3 is 5.69 Å². The van der Waals surface area contributed by atoms with Gasteiger partial charge in [-0.05, 0) is 55.5 Å². The van der Waals surface area contributed by atoms with E-state index in [-0.39, 0.29) is 18.1 Å². The molecule has 0 aliphatic heterocycles. The van der Waals surface area contributed by atoms with Crippen molar-refractivity contribution < 1.29 is 4.79 Å². The Morgan fingerprint density at radius 2 is 1.82 bits per heavy atom.